The van der Waals surface area contributed by atoms with Gasteiger partial charge in [0, 0.05) is 13.1 Å². The normalized spacial score (nSPS) is 17.1. The number of aromatic nitrogens is 5. The topological polar surface area (TPSA) is 59.7 Å². The molecule has 1 radical (unpaired) electrons. The number of anilines is 1. The van der Waals surface area contributed by atoms with Crippen LogP contribution in [0.1, 0.15) is 18.9 Å². The molecule has 0 unspecified atom stereocenters. The zero-order chi connectivity index (χ0) is 12.4. The molecule has 1 aliphatic heterocycles. The van der Waals surface area contributed by atoms with E-state index < -0.39 is 0 Å². The van der Waals surface area contributed by atoms with E-state index in [0.29, 0.717) is 11.1 Å². The van der Waals surface area contributed by atoms with E-state index in [9.17, 15) is 0 Å². The number of piperidine rings is 1. The van der Waals surface area contributed by atoms with Gasteiger partial charge >= 0.3 is 0 Å². The summed E-state index contributed by atoms with van der Waals surface area (Å²) in [4.78, 5) is 12.3. The van der Waals surface area contributed by atoms with Gasteiger partial charge in [0.2, 0.25) is 5.95 Å². The first-order chi connectivity index (χ1) is 8.83. The van der Waals surface area contributed by atoms with Gasteiger partial charge in [-0.1, -0.05) is 11.6 Å². The van der Waals surface area contributed by atoms with Crippen molar-refractivity contribution in [2.45, 2.75) is 18.9 Å². The predicted octanol–water partition coefficient (Wildman–Crippen LogP) is 1.36. The molecule has 0 bridgehead atoms. The minimum atomic E-state index is 0.347. The molecule has 0 saturated carbocycles. The van der Waals surface area contributed by atoms with E-state index >= 15 is 0 Å². The molecule has 1 saturated heterocycles. The molecule has 18 heavy (non-hydrogen) atoms. The van der Waals surface area contributed by atoms with E-state index in [1.807, 2.05) is 0 Å². The van der Waals surface area contributed by atoms with Crippen LogP contribution in [0.3, 0.4) is 0 Å². The van der Waals surface area contributed by atoms with Crippen LogP contribution in [0.5, 0.6) is 0 Å². The van der Waals surface area contributed by atoms with Crippen molar-refractivity contribution >= 4 is 17.5 Å². The minimum Gasteiger partial charge on any atom is -0.341 e. The molecule has 6 nitrogen and oxygen atoms in total. The Morgan fingerprint density at radius 1 is 1.22 bits per heavy atom. The van der Waals surface area contributed by atoms with Crippen molar-refractivity contribution in [2.24, 2.45) is 0 Å². The second kappa shape index (κ2) is 4.89. The fraction of sp³-hybridized carbons (Fsp3) is 0.455. The summed E-state index contributed by atoms with van der Waals surface area (Å²) in [7, 11) is 0. The molecule has 0 N–H and O–H groups in total. The molecule has 1 aliphatic rings. The fourth-order valence-electron chi connectivity index (χ4n) is 2.14. The zero-order valence-electron chi connectivity index (χ0n) is 9.70. The molecule has 2 aromatic heterocycles. The van der Waals surface area contributed by atoms with Crippen molar-refractivity contribution in [2.75, 3.05) is 18.0 Å². The van der Waals surface area contributed by atoms with Crippen LogP contribution in [-0.2, 0) is 0 Å². The van der Waals surface area contributed by atoms with Crippen LogP contribution in [0.4, 0.5) is 5.95 Å². The molecule has 0 aromatic carbocycles. The largest absolute Gasteiger partial charge is 0.341 e. The van der Waals surface area contributed by atoms with Crippen LogP contribution in [0.25, 0.3) is 0 Å². The first-order valence-electron chi connectivity index (χ1n) is 5.83. The molecule has 2 aromatic rings. The number of rotatable bonds is 2. The van der Waals surface area contributed by atoms with Gasteiger partial charge < -0.3 is 4.90 Å². The van der Waals surface area contributed by atoms with Crippen molar-refractivity contribution in [3.05, 3.63) is 29.8 Å². The summed E-state index contributed by atoms with van der Waals surface area (Å²) >= 11 is 5.77. The van der Waals surface area contributed by atoms with Gasteiger partial charge in [-0.3, -0.25) is 0 Å². The molecule has 0 aliphatic carbocycles. The van der Waals surface area contributed by atoms with E-state index in [2.05, 4.69) is 31.3 Å². The van der Waals surface area contributed by atoms with Crippen molar-refractivity contribution in [3.63, 3.8) is 0 Å². The average molecular weight is 264 g/mol. The van der Waals surface area contributed by atoms with Crippen LogP contribution in [-0.4, -0.2) is 38.1 Å². The summed E-state index contributed by atoms with van der Waals surface area (Å²) in [6.45, 7) is 1.79. The lowest BCUT2D eigenvalue weighted by molar-refractivity contribution is 0.331. The smallest absolute Gasteiger partial charge is 0.225 e. The maximum atomic E-state index is 5.77. The van der Waals surface area contributed by atoms with Crippen molar-refractivity contribution in [1.29, 1.82) is 0 Å². The summed E-state index contributed by atoms with van der Waals surface area (Å²) in [5.41, 5.74) is 0. The van der Waals surface area contributed by atoms with Crippen LogP contribution in [0.2, 0.25) is 5.02 Å². The molecular weight excluding hydrogens is 252 g/mol. The van der Waals surface area contributed by atoms with Crippen molar-refractivity contribution in [3.8, 4) is 0 Å². The maximum Gasteiger partial charge on any atom is 0.225 e. The van der Waals surface area contributed by atoms with Gasteiger partial charge in [0.15, 0.2) is 0 Å². The summed E-state index contributed by atoms with van der Waals surface area (Å²) in [5.74, 6) is 0.734. The zero-order valence-corrected chi connectivity index (χ0v) is 10.5. The molecule has 0 spiro atoms. The molecule has 3 rings (SSSR count). The second-order valence-corrected chi connectivity index (χ2v) is 4.65. The third kappa shape index (κ3) is 2.28. The highest BCUT2D eigenvalue weighted by molar-refractivity contribution is 6.30. The Morgan fingerprint density at radius 3 is 2.56 bits per heavy atom. The molecule has 1 fully saturated rings. The Morgan fingerprint density at radius 2 is 1.94 bits per heavy atom. The number of hydrogen-bond donors (Lipinski definition) is 0. The summed E-state index contributed by atoms with van der Waals surface area (Å²) in [6, 6.07) is 0.347. The van der Waals surface area contributed by atoms with E-state index in [-0.39, 0.29) is 0 Å². The first-order valence-corrected chi connectivity index (χ1v) is 6.21. The van der Waals surface area contributed by atoms with Gasteiger partial charge in [0.1, 0.15) is 6.20 Å². The highest BCUT2D eigenvalue weighted by Crippen LogP contribution is 2.23. The van der Waals surface area contributed by atoms with Gasteiger partial charge in [-0.15, -0.1) is 0 Å². The SMILES string of the molecule is Clc1cnc(N2CCC(n3n[c]cn3)CC2)nc1. The van der Waals surface area contributed by atoms with Crippen molar-refractivity contribution < 1.29 is 0 Å². The standard InChI is InChI=1S/C11H12ClN6/c12-9-7-13-11(14-8-9)17-5-1-10(2-6-17)18-15-3-4-16-18/h3,7-8,10H,1-2,5-6H2. The van der Waals surface area contributed by atoms with Gasteiger partial charge in [-0.2, -0.15) is 15.0 Å². The number of hydrogen-bond acceptors (Lipinski definition) is 5. The van der Waals surface area contributed by atoms with Gasteiger partial charge in [-0.05, 0) is 12.8 Å². The molecular formula is C11H12ClN6. The van der Waals surface area contributed by atoms with Crippen LogP contribution >= 0.6 is 11.6 Å². The van der Waals surface area contributed by atoms with Crippen LogP contribution in [0, 0.1) is 6.20 Å². The van der Waals surface area contributed by atoms with Gasteiger partial charge in [0.25, 0.3) is 0 Å². The lowest BCUT2D eigenvalue weighted by Gasteiger charge is -2.31. The van der Waals surface area contributed by atoms with E-state index in [4.69, 9.17) is 11.6 Å². The molecule has 93 valence electrons. The Balaban J connectivity index is 1.65. The predicted molar refractivity (Wildman–Crippen MR) is 66.4 cm³/mol. The van der Waals surface area contributed by atoms with Gasteiger partial charge in [-0.25, -0.2) is 9.97 Å². The minimum absolute atomic E-state index is 0.347. The van der Waals surface area contributed by atoms with Crippen LogP contribution in [0.15, 0.2) is 18.6 Å². The highest BCUT2D eigenvalue weighted by Gasteiger charge is 2.22. The summed E-state index contributed by atoms with van der Waals surface area (Å²) < 4.78 is 0. The molecule has 0 amide bonds. The van der Waals surface area contributed by atoms with Gasteiger partial charge in [0.05, 0.1) is 29.7 Å². The summed E-state index contributed by atoms with van der Waals surface area (Å²) in [5, 5.41) is 8.75. The van der Waals surface area contributed by atoms with E-state index in [1.165, 1.54) is 0 Å². The number of nitrogens with zero attached hydrogens (tertiary/aromatic N) is 6. The third-order valence-electron chi connectivity index (χ3n) is 3.07. The lowest BCUT2D eigenvalue weighted by atomic mass is 10.1. The summed E-state index contributed by atoms with van der Waals surface area (Å²) in [6.07, 6.45) is 9.53. The Labute approximate surface area is 110 Å². The third-order valence-corrected chi connectivity index (χ3v) is 3.27. The fourth-order valence-corrected chi connectivity index (χ4v) is 2.23. The maximum absolute atomic E-state index is 5.77. The first kappa shape index (κ1) is 11.4. The lowest BCUT2D eigenvalue weighted by Crippen LogP contribution is -2.36. The van der Waals surface area contributed by atoms with E-state index in [1.54, 1.807) is 23.4 Å². The van der Waals surface area contributed by atoms with Crippen LogP contribution < -0.4 is 4.90 Å². The average Bonchev–Trinajstić information content (AvgIpc) is 2.94. The Kier molecular flexibility index (Phi) is 3.10. The Hall–Kier alpha value is -1.69. The quantitative estimate of drug-likeness (QED) is 0.819. The second-order valence-electron chi connectivity index (χ2n) is 4.21. The Bertz CT molecular complexity index is 489. The number of halogens is 1. The van der Waals surface area contributed by atoms with E-state index in [0.717, 1.165) is 31.9 Å². The molecule has 0 atom stereocenters. The van der Waals surface area contributed by atoms with Crippen molar-refractivity contribution in [1.82, 2.24) is 25.0 Å². The molecule has 7 heteroatoms. The highest BCUT2D eigenvalue weighted by atomic mass is 35.5. The monoisotopic (exact) mass is 263 g/mol. The molecule has 3 heterocycles.